The lowest BCUT2D eigenvalue weighted by Gasteiger charge is -2.36. The number of nitrogens with zero attached hydrogens (tertiary/aromatic N) is 3. The number of carbonyl (C=O) groups is 2. The zero-order valence-corrected chi connectivity index (χ0v) is 15.1. The number of hydrogen-bond acceptors (Lipinski definition) is 4. The van der Waals surface area contributed by atoms with Crippen LogP contribution in [0.25, 0.3) is 0 Å². The Hall–Kier alpha value is -2.32. The van der Waals surface area contributed by atoms with Crippen molar-refractivity contribution in [3.8, 4) is 0 Å². The van der Waals surface area contributed by atoms with E-state index in [1.165, 1.54) is 12.3 Å². The van der Waals surface area contributed by atoms with Crippen LogP contribution >= 0.6 is 0 Å². The van der Waals surface area contributed by atoms with Gasteiger partial charge in [-0.1, -0.05) is 0 Å². The fraction of sp³-hybridized carbons (Fsp3) is 0.611. The third-order valence-corrected chi connectivity index (χ3v) is 5.16. The predicted molar refractivity (Wildman–Crippen MR) is 93.0 cm³/mol. The van der Waals surface area contributed by atoms with Crippen LogP contribution in [0.2, 0.25) is 0 Å². The minimum Gasteiger partial charge on any atom is -0.355 e. The SMILES string of the molecule is CN1CC(NC(=O)C2CCCN(c3ncccc3C(F)(F)F)C2)CCC1=O. The zero-order chi connectivity index (χ0) is 19.6. The van der Waals surface area contributed by atoms with Crippen molar-refractivity contribution in [2.24, 2.45) is 5.92 Å². The molecular formula is C18H23F3N4O2. The van der Waals surface area contributed by atoms with Crippen LogP contribution in [0.3, 0.4) is 0 Å². The number of likely N-dealkylation sites (tertiary alicyclic amines) is 1. The molecule has 0 aromatic carbocycles. The molecule has 3 heterocycles. The first-order valence-electron chi connectivity index (χ1n) is 9.07. The minimum atomic E-state index is -4.49. The number of aromatic nitrogens is 1. The summed E-state index contributed by atoms with van der Waals surface area (Å²) in [6.45, 7) is 1.09. The second-order valence-corrected chi connectivity index (χ2v) is 7.18. The second-order valence-electron chi connectivity index (χ2n) is 7.18. The molecule has 1 aromatic rings. The van der Waals surface area contributed by atoms with Crippen molar-refractivity contribution in [1.82, 2.24) is 15.2 Å². The van der Waals surface area contributed by atoms with Crippen LogP contribution in [-0.4, -0.2) is 54.4 Å². The highest BCUT2D eigenvalue weighted by Gasteiger charge is 2.37. The largest absolute Gasteiger partial charge is 0.419 e. The number of rotatable bonds is 3. The molecule has 0 saturated carbocycles. The second kappa shape index (κ2) is 7.74. The van der Waals surface area contributed by atoms with Crippen molar-refractivity contribution in [1.29, 1.82) is 0 Å². The molecule has 1 aromatic heterocycles. The molecule has 6 nitrogen and oxygen atoms in total. The van der Waals surface area contributed by atoms with Gasteiger partial charge in [-0.2, -0.15) is 13.2 Å². The van der Waals surface area contributed by atoms with Crippen molar-refractivity contribution < 1.29 is 22.8 Å². The Labute approximate surface area is 155 Å². The number of nitrogens with one attached hydrogen (secondary N) is 1. The Morgan fingerprint density at radius 1 is 1.30 bits per heavy atom. The lowest BCUT2D eigenvalue weighted by atomic mass is 9.95. The lowest BCUT2D eigenvalue weighted by Crippen LogP contribution is -2.52. The van der Waals surface area contributed by atoms with Crippen molar-refractivity contribution >= 4 is 17.6 Å². The van der Waals surface area contributed by atoms with E-state index in [2.05, 4.69) is 10.3 Å². The third kappa shape index (κ3) is 4.51. The van der Waals surface area contributed by atoms with E-state index in [9.17, 15) is 22.8 Å². The number of carbonyl (C=O) groups excluding carboxylic acids is 2. The summed E-state index contributed by atoms with van der Waals surface area (Å²) in [4.78, 5) is 31.2. The molecule has 3 rings (SSSR count). The minimum absolute atomic E-state index is 0.0548. The van der Waals surface area contributed by atoms with Crippen LogP contribution in [-0.2, 0) is 15.8 Å². The van der Waals surface area contributed by atoms with Gasteiger partial charge in [-0.15, -0.1) is 0 Å². The molecule has 2 saturated heterocycles. The van der Waals surface area contributed by atoms with Crippen LogP contribution in [0.4, 0.5) is 19.0 Å². The van der Waals surface area contributed by atoms with Crippen LogP contribution < -0.4 is 10.2 Å². The number of hydrogen-bond donors (Lipinski definition) is 1. The highest BCUT2D eigenvalue weighted by atomic mass is 19.4. The van der Waals surface area contributed by atoms with Gasteiger partial charge in [-0.05, 0) is 31.4 Å². The molecule has 2 atom stereocenters. The van der Waals surface area contributed by atoms with E-state index in [-0.39, 0.29) is 30.2 Å². The van der Waals surface area contributed by atoms with Crippen LogP contribution in [0.5, 0.6) is 0 Å². The van der Waals surface area contributed by atoms with E-state index in [1.54, 1.807) is 16.8 Å². The average Bonchev–Trinajstić information content (AvgIpc) is 2.64. The summed E-state index contributed by atoms with van der Waals surface area (Å²) >= 11 is 0. The summed E-state index contributed by atoms with van der Waals surface area (Å²) in [7, 11) is 1.70. The first-order chi connectivity index (χ1) is 12.8. The zero-order valence-electron chi connectivity index (χ0n) is 15.1. The molecule has 2 amide bonds. The van der Waals surface area contributed by atoms with E-state index >= 15 is 0 Å². The highest BCUT2D eigenvalue weighted by Crippen LogP contribution is 2.36. The molecular weight excluding hydrogens is 361 g/mol. The van der Waals surface area contributed by atoms with E-state index in [1.807, 2.05) is 0 Å². The molecule has 2 aliphatic rings. The van der Waals surface area contributed by atoms with Crippen LogP contribution in [0.15, 0.2) is 18.3 Å². The van der Waals surface area contributed by atoms with Crippen LogP contribution in [0.1, 0.15) is 31.2 Å². The van der Waals surface area contributed by atoms with Gasteiger partial charge in [-0.25, -0.2) is 4.98 Å². The topological polar surface area (TPSA) is 65.5 Å². The number of pyridine rings is 1. The molecule has 0 radical (unpaired) electrons. The molecule has 148 valence electrons. The Kier molecular flexibility index (Phi) is 5.57. The fourth-order valence-electron chi connectivity index (χ4n) is 3.70. The molecule has 0 aliphatic carbocycles. The number of anilines is 1. The van der Waals surface area contributed by atoms with E-state index in [0.717, 1.165) is 6.07 Å². The smallest absolute Gasteiger partial charge is 0.355 e. The summed E-state index contributed by atoms with van der Waals surface area (Å²) in [5.41, 5.74) is -0.779. The molecule has 9 heteroatoms. The molecule has 2 fully saturated rings. The predicted octanol–water partition coefficient (Wildman–Crippen LogP) is 2.05. The summed E-state index contributed by atoms with van der Waals surface area (Å²) < 4.78 is 39.8. The molecule has 2 unspecified atom stereocenters. The highest BCUT2D eigenvalue weighted by molar-refractivity contribution is 5.81. The van der Waals surface area contributed by atoms with E-state index in [0.29, 0.717) is 38.8 Å². The summed E-state index contributed by atoms with van der Waals surface area (Å²) in [5, 5.41) is 2.95. The Balaban J connectivity index is 1.66. The first kappa shape index (κ1) is 19.4. The number of likely N-dealkylation sites (N-methyl/N-ethyl adjacent to an activating group) is 1. The van der Waals surface area contributed by atoms with Gasteiger partial charge in [0.2, 0.25) is 11.8 Å². The monoisotopic (exact) mass is 384 g/mol. The third-order valence-electron chi connectivity index (χ3n) is 5.16. The summed E-state index contributed by atoms with van der Waals surface area (Å²) in [5.74, 6) is -0.633. The van der Waals surface area contributed by atoms with Crippen molar-refractivity contribution in [3.63, 3.8) is 0 Å². The Morgan fingerprint density at radius 2 is 2.07 bits per heavy atom. The van der Waals surface area contributed by atoms with Crippen molar-refractivity contribution in [3.05, 3.63) is 23.9 Å². The average molecular weight is 384 g/mol. The quantitative estimate of drug-likeness (QED) is 0.866. The summed E-state index contributed by atoms with van der Waals surface area (Å²) in [6.07, 6.45) is -0.931. The first-order valence-corrected chi connectivity index (χ1v) is 9.07. The number of piperidine rings is 2. The number of alkyl halides is 3. The summed E-state index contributed by atoms with van der Waals surface area (Å²) in [6, 6.07) is 2.17. The van der Waals surface area contributed by atoms with Gasteiger partial charge in [0.05, 0.1) is 11.5 Å². The molecule has 0 bridgehead atoms. The van der Waals surface area contributed by atoms with Gasteiger partial charge >= 0.3 is 6.18 Å². The van der Waals surface area contributed by atoms with Gasteiger partial charge < -0.3 is 15.1 Å². The normalized spacial score (nSPS) is 24.1. The number of halogens is 3. The maximum Gasteiger partial charge on any atom is 0.419 e. The maximum absolute atomic E-state index is 13.3. The van der Waals surface area contributed by atoms with E-state index in [4.69, 9.17) is 0 Å². The molecule has 1 N–H and O–H groups in total. The fourth-order valence-corrected chi connectivity index (χ4v) is 3.70. The van der Waals surface area contributed by atoms with Gasteiger partial charge in [-0.3, -0.25) is 9.59 Å². The Morgan fingerprint density at radius 3 is 2.78 bits per heavy atom. The Bertz CT molecular complexity index is 710. The standard InChI is InChI=1S/C18H23F3N4O2/c1-24-11-13(6-7-15(24)26)23-17(27)12-4-3-9-25(10-12)16-14(18(19,20)21)5-2-8-22-16/h2,5,8,12-13H,3-4,6-7,9-11H2,1H3,(H,23,27). The van der Waals surface area contributed by atoms with Gasteiger partial charge in [0.25, 0.3) is 0 Å². The van der Waals surface area contributed by atoms with Crippen molar-refractivity contribution in [2.75, 3.05) is 31.6 Å². The van der Waals surface area contributed by atoms with Crippen LogP contribution in [0, 0.1) is 5.92 Å². The van der Waals surface area contributed by atoms with Gasteiger partial charge in [0.1, 0.15) is 5.82 Å². The molecule has 27 heavy (non-hydrogen) atoms. The lowest BCUT2D eigenvalue weighted by molar-refractivity contribution is -0.137. The van der Waals surface area contributed by atoms with Crippen molar-refractivity contribution in [2.45, 2.75) is 37.9 Å². The number of amides is 2. The van der Waals surface area contributed by atoms with Gasteiger partial charge in [0, 0.05) is 45.3 Å². The van der Waals surface area contributed by atoms with E-state index < -0.39 is 17.7 Å². The maximum atomic E-state index is 13.3. The molecule has 0 spiro atoms. The van der Waals surface area contributed by atoms with Gasteiger partial charge in [0.15, 0.2) is 0 Å². The molecule has 2 aliphatic heterocycles.